The second-order valence-electron chi connectivity index (χ2n) is 6.99. The molecule has 1 fully saturated rings. The van der Waals surface area contributed by atoms with E-state index in [-0.39, 0.29) is 23.7 Å². The molecule has 0 spiro atoms. The highest BCUT2D eigenvalue weighted by atomic mass is 32.2. The Morgan fingerprint density at radius 2 is 1.68 bits per heavy atom. The molecule has 9 nitrogen and oxygen atoms in total. The predicted molar refractivity (Wildman–Crippen MR) is 108 cm³/mol. The Hall–Kier alpha value is -2.44. The van der Waals surface area contributed by atoms with Gasteiger partial charge in [0.25, 0.3) is 0 Å². The summed E-state index contributed by atoms with van der Waals surface area (Å²) in [5.41, 5.74) is 0.804. The summed E-state index contributed by atoms with van der Waals surface area (Å²) >= 11 is 0. The van der Waals surface area contributed by atoms with Crippen LogP contribution < -0.4 is 14.2 Å². The van der Waals surface area contributed by atoms with E-state index in [9.17, 15) is 17.2 Å². The molecular weight excluding hydrogens is 434 g/mol. The molecule has 172 valence electrons. The molecule has 0 aliphatic carbocycles. The van der Waals surface area contributed by atoms with Crippen LogP contribution in [-0.2, 0) is 16.6 Å². The number of methoxy groups -OCH3 is 3. The van der Waals surface area contributed by atoms with Gasteiger partial charge in [-0.05, 0) is 13.0 Å². The van der Waals surface area contributed by atoms with Gasteiger partial charge in [0.1, 0.15) is 4.90 Å². The summed E-state index contributed by atoms with van der Waals surface area (Å²) in [5, 5.41) is 3.51. The fourth-order valence-corrected chi connectivity index (χ4v) is 5.22. The van der Waals surface area contributed by atoms with E-state index >= 15 is 0 Å². The highest BCUT2D eigenvalue weighted by Gasteiger charge is 2.32. The van der Waals surface area contributed by atoms with Crippen LogP contribution in [-0.4, -0.2) is 74.9 Å². The van der Waals surface area contributed by atoms with Crippen molar-refractivity contribution in [2.24, 2.45) is 0 Å². The van der Waals surface area contributed by atoms with Crippen LogP contribution in [0.25, 0.3) is 0 Å². The summed E-state index contributed by atoms with van der Waals surface area (Å²) < 4.78 is 69.7. The van der Waals surface area contributed by atoms with E-state index in [4.69, 9.17) is 14.2 Å². The molecule has 31 heavy (non-hydrogen) atoms. The smallest absolute Gasteiger partial charge is 0.333 e. The highest BCUT2D eigenvalue weighted by Crippen LogP contribution is 2.40. The number of sulfonamides is 1. The monoisotopic (exact) mass is 460 g/mol. The van der Waals surface area contributed by atoms with Crippen molar-refractivity contribution in [1.82, 2.24) is 19.0 Å². The van der Waals surface area contributed by atoms with Crippen LogP contribution in [0.3, 0.4) is 0 Å². The van der Waals surface area contributed by atoms with Crippen LogP contribution in [0.1, 0.15) is 17.8 Å². The first kappa shape index (κ1) is 23.2. The zero-order valence-electron chi connectivity index (χ0n) is 17.8. The third kappa shape index (κ3) is 4.46. The minimum absolute atomic E-state index is 0.0764. The summed E-state index contributed by atoms with van der Waals surface area (Å²) in [7, 11) is 0.722. The maximum absolute atomic E-state index is 13.0. The van der Waals surface area contributed by atoms with Gasteiger partial charge in [0.05, 0.1) is 33.2 Å². The van der Waals surface area contributed by atoms with E-state index in [1.54, 1.807) is 20.3 Å². The number of piperazine rings is 1. The van der Waals surface area contributed by atoms with Crippen molar-refractivity contribution in [2.45, 2.75) is 24.9 Å². The molecule has 0 radical (unpaired) electrons. The van der Waals surface area contributed by atoms with E-state index < -0.39 is 16.6 Å². The van der Waals surface area contributed by atoms with Gasteiger partial charge in [-0.25, -0.2) is 13.1 Å². The van der Waals surface area contributed by atoms with Crippen molar-refractivity contribution in [3.63, 3.8) is 0 Å². The lowest BCUT2D eigenvalue weighted by molar-refractivity contribution is 0.0541. The molecule has 1 aliphatic rings. The second-order valence-corrected chi connectivity index (χ2v) is 8.90. The number of halogens is 2. The Morgan fingerprint density at radius 1 is 1.03 bits per heavy atom. The summed E-state index contributed by atoms with van der Waals surface area (Å²) in [6.45, 7) is 0.370. The van der Waals surface area contributed by atoms with Crippen molar-refractivity contribution < 1.29 is 31.4 Å². The molecule has 1 aromatic heterocycles. The lowest BCUT2D eigenvalue weighted by Gasteiger charge is -2.34. The fraction of sp³-hybridized carbons (Fsp3) is 0.526. The zero-order valence-corrected chi connectivity index (χ0v) is 18.7. The standard InChI is InChI=1S/C19H26F2N4O5S/c1-13-16(11-22-25(13)19(20)21)31(26,27)24-9-7-23(8-10-24)12-14-5-6-15(28-2)18(30-4)17(14)29-3/h5-6,11,19H,7-10,12H2,1-4H3. The Labute approximate surface area is 180 Å². The molecule has 1 aromatic carbocycles. The van der Waals surface area contributed by atoms with Gasteiger partial charge in [0.2, 0.25) is 15.8 Å². The van der Waals surface area contributed by atoms with E-state index in [1.807, 2.05) is 6.07 Å². The van der Waals surface area contributed by atoms with Gasteiger partial charge in [-0.1, -0.05) is 6.07 Å². The Kier molecular flexibility index (Phi) is 7.02. The van der Waals surface area contributed by atoms with Crippen LogP contribution in [0.15, 0.2) is 23.2 Å². The Morgan fingerprint density at radius 3 is 2.19 bits per heavy atom. The lowest BCUT2D eigenvalue weighted by Crippen LogP contribution is -2.48. The van der Waals surface area contributed by atoms with Crippen LogP contribution in [0.5, 0.6) is 17.2 Å². The molecule has 2 heterocycles. The van der Waals surface area contributed by atoms with Crippen molar-refractivity contribution in [1.29, 1.82) is 0 Å². The van der Waals surface area contributed by atoms with E-state index in [1.165, 1.54) is 18.3 Å². The summed E-state index contributed by atoms with van der Waals surface area (Å²) in [5.74, 6) is 1.61. The normalized spacial score (nSPS) is 16.0. The SMILES string of the molecule is COc1ccc(CN2CCN(S(=O)(=O)c3cnn(C(F)F)c3C)CC2)c(OC)c1OC. The van der Waals surface area contributed by atoms with Crippen molar-refractivity contribution in [2.75, 3.05) is 47.5 Å². The van der Waals surface area contributed by atoms with Crippen molar-refractivity contribution in [3.8, 4) is 17.2 Å². The van der Waals surface area contributed by atoms with Gasteiger partial charge >= 0.3 is 6.55 Å². The summed E-state index contributed by atoms with van der Waals surface area (Å²) in [4.78, 5) is 1.90. The molecule has 0 amide bonds. The number of ether oxygens (including phenoxy) is 3. The number of alkyl halides is 2. The minimum Gasteiger partial charge on any atom is -0.493 e. The summed E-state index contributed by atoms with van der Waals surface area (Å²) in [6, 6.07) is 3.67. The molecule has 1 aliphatic heterocycles. The number of hydrogen-bond donors (Lipinski definition) is 0. The molecule has 0 saturated carbocycles. The maximum atomic E-state index is 13.0. The summed E-state index contributed by atoms with van der Waals surface area (Å²) in [6.07, 6.45) is 0.984. The first-order chi connectivity index (χ1) is 14.7. The van der Waals surface area contributed by atoms with Crippen molar-refractivity contribution >= 4 is 10.0 Å². The van der Waals surface area contributed by atoms with Gasteiger partial charge in [0, 0.05) is 38.3 Å². The van der Waals surface area contributed by atoms with E-state index in [0.717, 1.165) is 11.8 Å². The number of aromatic nitrogens is 2. The zero-order chi connectivity index (χ0) is 22.8. The number of rotatable bonds is 8. The minimum atomic E-state index is -3.91. The average molecular weight is 461 g/mol. The Balaban J connectivity index is 1.72. The topological polar surface area (TPSA) is 86.1 Å². The number of nitrogens with zero attached hydrogens (tertiary/aromatic N) is 4. The maximum Gasteiger partial charge on any atom is 0.333 e. The quantitative estimate of drug-likeness (QED) is 0.597. The fourth-order valence-electron chi connectivity index (χ4n) is 3.65. The molecule has 12 heteroatoms. The molecular formula is C19H26F2N4O5S. The third-order valence-electron chi connectivity index (χ3n) is 5.31. The first-order valence-electron chi connectivity index (χ1n) is 9.57. The molecule has 3 rings (SSSR count). The lowest BCUT2D eigenvalue weighted by atomic mass is 10.1. The third-order valence-corrected chi connectivity index (χ3v) is 7.31. The molecule has 0 unspecified atom stereocenters. The number of benzene rings is 1. The van der Waals surface area contributed by atoms with E-state index in [0.29, 0.717) is 41.6 Å². The van der Waals surface area contributed by atoms with Crippen LogP contribution in [0.4, 0.5) is 8.78 Å². The van der Waals surface area contributed by atoms with Gasteiger partial charge in [-0.3, -0.25) is 4.90 Å². The van der Waals surface area contributed by atoms with Crippen LogP contribution >= 0.6 is 0 Å². The van der Waals surface area contributed by atoms with Crippen molar-refractivity contribution in [3.05, 3.63) is 29.6 Å². The predicted octanol–water partition coefficient (Wildman–Crippen LogP) is 2.12. The largest absolute Gasteiger partial charge is 0.493 e. The van der Waals surface area contributed by atoms with Gasteiger partial charge < -0.3 is 14.2 Å². The second kappa shape index (κ2) is 9.37. The van der Waals surface area contributed by atoms with Crippen LogP contribution in [0, 0.1) is 6.92 Å². The number of hydrogen-bond acceptors (Lipinski definition) is 7. The van der Waals surface area contributed by atoms with Gasteiger partial charge in [-0.15, -0.1) is 0 Å². The van der Waals surface area contributed by atoms with E-state index in [2.05, 4.69) is 10.00 Å². The molecule has 0 atom stereocenters. The molecule has 0 bridgehead atoms. The van der Waals surface area contributed by atoms with Crippen LogP contribution in [0.2, 0.25) is 0 Å². The highest BCUT2D eigenvalue weighted by molar-refractivity contribution is 7.89. The molecule has 0 N–H and O–H groups in total. The van der Waals surface area contributed by atoms with Gasteiger partial charge in [-0.2, -0.15) is 18.2 Å². The average Bonchev–Trinajstić information content (AvgIpc) is 3.16. The Bertz CT molecular complexity index is 1020. The first-order valence-corrected chi connectivity index (χ1v) is 11.0. The molecule has 1 saturated heterocycles. The molecule has 2 aromatic rings. The van der Waals surface area contributed by atoms with Gasteiger partial charge in [0.15, 0.2) is 11.5 Å².